The van der Waals surface area contributed by atoms with Gasteiger partial charge in [0.1, 0.15) is 0 Å². The van der Waals surface area contributed by atoms with Crippen molar-refractivity contribution in [3.05, 3.63) is 29.8 Å². The van der Waals surface area contributed by atoms with E-state index < -0.39 is 15.6 Å². The third-order valence-corrected chi connectivity index (χ3v) is 3.89. The zero-order valence-corrected chi connectivity index (χ0v) is 11.5. The zero-order chi connectivity index (χ0) is 13.3. The van der Waals surface area contributed by atoms with Gasteiger partial charge in [0.2, 0.25) is 10.0 Å². The normalized spacial score (nSPS) is 14.6. The smallest absolute Gasteiger partial charge is 0.241 e. The Kier molecular flexibility index (Phi) is 3.96. The van der Waals surface area contributed by atoms with Crippen LogP contribution in [0.1, 0.15) is 39.3 Å². The topological polar surface area (TPSA) is 72.2 Å². The van der Waals surface area contributed by atoms with Crippen LogP contribution in [0.4, 0.5) is 0 Å². The summed E-state index contributed by atoms with van der Waals surface area (Å²) in [6.07, 6.45) is 0. The molecule has 0 fully saturated rings. The van der Waals surface area contributed by atoms with E-state index in [1.54, 1.807) is 39.0 Å². The van der Waals surface area contributed by atoms with Crippen molar-refractivity contribution in [2.75, 3.05) is 0 Å². The average molecular weight is 256 g/mol. The highest BCUT2D eigenvalue weighted by molar-refractivity contribution is 7.89. The van der Waals surface area contributed by atoms with Gasteiger partial charge in [-0.25, -0.2) is 13.1 Å². The minimum absolute atomic E-state index is 0.181. The van der Waals surface area contributed by atoms with Crippen LogP contribution in [0.5, 0.6) is 0 Å². The van der Waals surface area contributed by atoms with E-state index in [2.05, 4.69) is 4.72 Å². The van der Waals surface area contributed by atoms with Gasteiger partial charge in [-0.1, -0.05) is 12.1 Å². The van der Waals surface area contributed by atoms with E-state index in [0.717, 1.165) is 5.56 Å². The van der Waals surface area contributed by atoms with Crippen LogP contribution in [0.2, 0.25) is 0 Å². The van der Waals surface area contributed by atoms with E-state index in [4.69, 9.17) is 5.73 Å². The van der Waals surface area contributed by atoms with Gasteiger partial charge in [0, 0.05) is 11.6 Å². The Bertz CT molecular complexity index is 487. The minimum atomic E-state index is -3.48. The highest BCUT2D eigenvalue weighted by Crippen LogP contribution is 2.17. The fourth-order valence-corrected chi connectivity index (χ4v) is 2.90. The molecule has 0 saturated carbocycles. The van der Waals surface area contributed by atoms with Gasteiger partial charge in [-0.15, -0.1) is 0 Å². The Morgan fingerprint density at radius 1 is 1.29 bits per heavy atom. The minimum Gasteiger partial charge on any atom is -0.324 e. The lowest BCUT2D eigenvalue weighted by Gasteiger charge is -2.20. The second kappa shape index (κ2) is 4.76. The van der Waals surface area contributed by atoms with Crippen LogP contribution >= 0.6 is 0 Å². The SMILES string of the molecule is CC(N)c1cccc(S(=O)(=O)NC(C)(C)C)c1. The molecule has 17 heavy (non-hydrogen) atoms. The van der Waals surface area contributed by atoms with Crippen LogP contribution in [0.25, 0.3) is 0 Å². The van der Waals surface area contributed by atoms with Crippen molar-refractivity contribution in [1.29, 1.82) is 0 Å². The van der Waals surface area contributed by atoms with Crippen LogP contribution < -0.4 is 10.5 Å². The van der Waals surface area contributed by atoms with E-state index in [-0.39, 0.29) is 10.9 Å². The lowest BCUT2D eigenvalue weighted by molar-refractivity contribution is 0.491. The van der Waals surface area contributed by atoms with Gasteiger partial charge in [0.05, 0.1) is 4.90 Å². The molecule has 5 heteroatoms. The second-order valence-corrected chi connectivity index (χ2v) is 6.90. The summed E-state index contributed by atoms with van der Waals surface area (Å²) in [5.41, 5.74) is 6.05. The van der Waals surface area contributed by atoms with E-state index in [9.17, 15) is 8.42 Å². The number of nitrogens with one attached hydrogen (secondary N) is 1. The molecule has 3 N–H and O–H groups in total. The molecule has 0 aliphatic heterocycles. The first-order valence-corrected chi connectivity index (χ1v) is 7.00. The number of hydrogen-bond acceptors (Lipinski definition) is 3. The second-order valence-electron chi connectivity index (χ2n) is 5.22. The fourth-order valence-electron chi connectivity index (χ4n) is 1.43. The standard InChI is InChI=1S/C12H20N2O2S/c1-9(13)10-6-5-7-11(8-10)17(15,16)14-12(2,3)4/h5-9,14H,13H2,1-4H3. The van der Waals surface area contributed by atoms with Gasteiger partial charge in [0.25, 0.3) is 0 Å². The van der Waals surface area contributed by atoms with Crippen LogP contribution in [0.15, 0.2) is 29.2 Å². The van der Waals surface area contributed by atoms with Crippen molar-refractivity contribution in [1.82, 2.24) is 4.72 Å². The van der Waals surface area contributed by atoms with Crippen molar-refractivity contribution in [2.24, 2.45) is 5.73 Å². The van der Waals surface area contributed by atoms with Gasteiger partial charge in [0.15, 0.2) is 0 Å². The third kappa shape index (κ3) is 4.11. The average Bonchev–Trinajstić information content (AvgIpc) is 2.14. The molecule has 1 aromatic rings. The Labute approximate surface area is 103 Å². The van der Waals surface area contributed by atoms with Crippen molar-refractivity contribution >= 4 is 10.0 Å². The molecule has 1 rings (SSSR count). The van der Waals surface area contributed by atoms with Crippen LogP contribution in [0.3, 0.4) is 0 Å². The first-order valence-electron chi connectivity index (χ1n) is 5.51. The summed E-state index contributed by atoms with van der Waals surface area (Å²) in [5, 5.41) is 0. The Morgan fingerprint density at radius 3 is 2.35 bits per heavy atom. The quantitative estimate of drug-likeness (QED) is 0.866. The molecule has 1 unspecified atom stereocenters. The molecule has 0 aliphatic carbocycles. The lowest BCUT2D eigenvalue weighted by atomic mass is 10.1. The number of nitrogens with two attached hydrogens (primary N) is 1. The highest BCUT2D eigenvalue weighted by Gasteiger charge is 2.22. The molecule has 0 spiro atoms. The predicted molar refractivity (Wildman–Crippen MR) is 69.1 cm³/mol. The van der Waals surface area contributed by atoms with E-state index >= 15 is 0 Å². The molecule has 1 atom stereocenters. The third-order valence-electron chi connectivity index (χ3n) is 2.13. The van der Waals surface area contributed by atoms with Gasteiger partial charge in [-0.3, -0.25) is 0 Å². The van der Waals surface area contributed by atoms with Gasteiger partial charge in [-0.05, 0) is 45.4 Å². The van der Waals surface area contributed by atoms with Crippen molar-refractivity contribution in [3.8, 4) is 0 Å². The number of rotatable bonds is 3. The summed E-state index contributed by atoms with van der Waals surface area (Å²) in [5.74, 6) is 0. The summed E-state index contributed by atoms with van der Waals surface area (Å²) in [7, 11) is -3.48. The first-order chi connectivity index (χ1) is 7.62. The van der Waals surface area contributed by atoms with Crippen molar-refractivity contribution in [2.45, 2.75) is 44.2 Å². The maximum atomic E-state index is 12.1. The molecule has 96 valence electrons. The Hall–Kier alpha value is -0.910. The summed E-state index contributed by atoms with van der Waals surface area (Å²) in [6, 6.07) is 6.52. The molecule has 0 amide bonds. The van der Waals surface area contributed by atoms with Gasteiger partial charge in [-0.2, -0.15) is 0 Å². The fraction of sp³-hybridized carbons (Fsp3) is 0.500. The lowest BCUT2D eigenvalue weighted by Crippen LogP contribution is -2.40. The molecule has 4 nitrogen and oxygen atoms in total. The molecular formula is C12H20N2O2S. The number of hydrogen-bond donors (Lipinski definition) is 2. The van der Waals surface area contributed by atoms with E-state index in [0.29, 0.717) is 0 Å². The largest absolute Gasteiger partial charge is 0.324 e. The van der Waals surface area contributed by atoms with Crippen molar-refractivity contribution < 1.29 is 8.42 Å². The molecule has 0 bridgehead atoms. The summed E-state index contributed by atoms with van der Waals surface area (Å²) in [6.45, 7) is 7.24. The zero-order valence-electron chi connectivity index (χ0n) is 10.7. The Morgan fingerprint density at radius 2 is 1.88 bits per heavy atom. The monoisotopic (exact) mass is 256 g/mol. The van der Waals surface area contributed by atoms with Gasteiger partial charge < -0.3 is 5.73 Å². The molecule has 1 aromatic carbocycles. The van der Waals surface area contributed by atoms with Crippen LogP contribution in [0, 0.1) is 0 Å². The first kappa shape index (κ1) is 14.2. The van der Waals surface area contributed by atoms with Crippen LogP contribution in [-0.4, -0.2) is 14.0 Å². The Balaban J connectivity index is 3.12. The molecule has 0 aromatic heterocycles. The summed E-state index contributed by atoms with van der Waals surface area (Å²) in [4.78, 5) is 0.252. The van der Waals surface area contributed by atoms with E-state index in [1.807, 2.05) is 13.0 Å². The van der Waals surface area contributed by atoms with Crippen molar-refractivity contribution in [3.63, 3.8) is 0 Å². The van der Waals surface area contributed by atoms with Gasteiger partial charge >= 0.3 is 0 Å². The maximum Gasteiger partial charge on any atom is 0.241 e. The number of sulfonamides is 1. The highest BCUT2D eigenvalue weighted by atomic mass is 32.2. The molecule has 0 saturated heterocycles. The summed E-state index contributed by atoms with van der Waals surface area (Å²) >= 11 is 0. The predicted octanol–water partition coefficient (Wildman–Crippen LogP) is 1.78. The maximum absolute atomic E-state index is 12.1. The number of benzene rings is 1. The molecule has 0 radical (unpaired) electrons. The summed E-state index contributed by atoms with van der Waals surface area (Å²) < 4.78 is 26.8. The molecule has 0 aliphatic rings. The molecular weight excluding hydrogens is 236 g/mol. The van der Waals surface area contributed by atoms with E-state index in [1.165, 1.54) is 0 Å². The van der Waals surface area contributed by atoms with Crippen LogP contribution in [-0.2, 0) is 10.0 Å². The molecule has 0 heterocycles.